The summed E-state index contributed by atoms with van der Waals surface area (Å²) in [5.41, 5.74) is 1.28. The fourth-order valence-corrected chi connectivity index (χ4v) is 4.14. The zero-order valence-electron chi connectivity index (χ0n) is 12.8. The summed E-state index contributed by atoms with van der Waals surface area (Å²) in [5.74, 6) is 0.998. The van der Waals surface area contributed by atoms with Crippen LogP contribution in [0.25, 0.3) is 0 Å². The van der Waals surface area contributed by atoms with Crippen molar-refractivity contribution in [2.75, 3.05) is 32.1 Å². The Hall–Kier alpha value is -0.950. The third-order valence-electron chi connectivity index (χ3n) is 3.87. The van der Waals surface area contributed by atoms with Crippen molar-refractivity contribution in [3.05, 3.63) is 35.9 Å². The molecule has 2 atom stereocenters. The monoisotopic (exact) mass is 327 g/mol. The van der Waals surface area contributed by atoms with Crippen molar-refractivity contribution in [2.24, 2.45) is 11.8 Å². The Bertz CT molecular complexity index is 532. The van der Waals surface area contributed by atoms with Crippen molar-refractivity contribution in [1.29, 1.82) is 0 Å². The Kier molecular flexibility index (Phi) is 6.82. The van der Waals surface area contributed by atoms with Gasteiger partial charge < -0.3 is 9.84 Å². The normalized spacial score (nSPS) is 21.0. The molecule has 6 heteroatoms. The first kappa shape index (κ1) is 17.4. The molecule has 0 aromatic heterocycles. The van der Waals surface area contributed by atoms with Crippen LogP contribution in [-0.4, -0.2) is 45.6 Å². The molecule has 1 aliphatic rings. The van der Waals surface area contributed by atoms with Gasteiger partial charge in [0.1, 0.15) is 0 Å². The van der Waals surface area contributed by atoms with E-state index >= 15 is 0 Å². The molecule has 0 heterocycles. The maximum atomic E-state index is 12.0. The van der Waals surface area contributed by atoms with Crippen LogP contribution in [0.15, 0.2) is 30.3 Å². The summed E-state index contributed by atoms with van der Waals surface area (Å²) in [4.78, 5) is 0. The van der Waals surface area contributed by atoms with Gasteiger partial charge in [-0.15, -0.1) is 0 Å². The van der Waals surface area contributed by atoms with E-state index in [1.807, 2.05) is 18.2 Å². The average molecular weight is 327 g/mol. The van der Waals surface area contributed by atoms with E-state index in [9.17, 15) is 8.42 Å². The van der Waals surface area contributed by atoms with E-state index in [-0.39, 0.29) is 18.3 Å². The summed E-state index contributed by atoms with van der Waals surface area (Å²) in [6.45, 7) is 1.15. The fraction of sp³-hybridized carbons (Fsp3) is 0.625. The van der Waals surface area contributed by atoms with Crippen LogP contribution in [-0.2, 0) is 21.2 Å². The maximum Gasteiger partial charge on any atom is 0.211 e. The maximum absolute atomic E-state index is 12.0. The number of rotatable bonds is 11. The topological polar surface area (TPSA) is 75.6 Å². The number of ether oxygens (including phenoxy) is 1. The van der Waals surface area contributed by atoms with E-state index in [1.54, 1.807) is 0 Å². The first-order valence-corrected chi connectivity index (χ1v) is 9.46. The molecule has 1 fully saturated rings. The summed E-state index contributed by atoms with van der Waals surface area (Å²) in [5, 5.41) is 8.55. The van der Waals surface area contributed by atoms with Gasteiger partial charge in [-0.2, -0.15) is 0 Å². The molecule has 1 aliphatic carbocycles. The lowest BCUT2D eigenvalue weighted by Gasteiger charge is -2.07. The molecule has 5 nitrogen and oxygen atoms in total. The third-order valence-corrected chi connectivity index (χ3v) is 5.38. The van der Waals surface area contributed by atoms with E-state index in [0.717, 1.165) is 12.8 Å². The minimum absolute atomic E-state index is 0.00376. The van der Waals surface area contributed by atoms with Crippen LogP contribution < -0.4 is 4.72 Å². The zero-order chi connectivity index (χ0) is 15.8. The van der Waals surface area contributed by atoms with Gasteiger partial charge in [0.2, 0.25) is 10.0 Å². The summed E-state index contributed by atoms with van der Waals surface area (Å²) in [6, 6.07) is 10.2. The first-order valence-electron chi connectivity index (χ1n) is 7.80. The number of hydrogen-bond acceptors (Lipinski definition) is 4. The van der Waals surface area contributed by atoms with Gasteiger partial charge in [-0.3, -0.25) is 0 Å². The van der Waals surface area contributed by atoms with E-state index < -0.39 is 10.0 Å². The van der Waals surface area contributed by atoms with Crippen LogP contribution in [0.5, 0.6) is 0 Å². The van der Waals surface area contributed by atoms with Gasteiger partial charge in [-0.25, -0.2) is 13.1 Å². The Morgan fingerprint density at radius 2 is 1.95 bits per heavy atom. The van der Waals surface area contributed by atoms with E-state index in [4.69, 9.17) is 9.84 Å². The van der Waals surface area contributed by atoms with Crippen molar-refractivity contribution in [3.8, 4) is 0 Å². The molecule has 0 bridgehead atoms. The molecule has 0 spiro atoms. The lowest BCUT2D eigenvalue weighted by molar-refractivity contribution is 0.0913. The average Bonchev–Trinajstić information content (AvgIpc) is 3.20. The fourth-order valence-electron chi connectivity index (χ4n) is 2.59. The van der Waals surface area contributed by atoms with Gasteiger partial charge in [-0.1, -0.05) is 30.3 Å². The minimum Gasteiger partial charge on any atom is -0.394 e. The standard InChI is InChI=1S/C16H25NO4S/c18-8-10-21-9-4-7-17-22(19,20)13-16-12-15(16)11-14-5-2-1-3-6-14/h1-3,5-6,15-18H,4,7-13H2. The predicted molar refractivity (Wildman–Crippen MR) is 86.1 cm³/mol. The molecule has 0 amide bonds. The quantitative estimate of drug-likeness (QED) is 0.599. The molecule has 1 aromatic carbocycles. The molecule has 2 rings (SSSR count). The second-order valence-electron chi connectivity index (χ2n) is 5.81. The molecule has 1 aromatic rings. The lowest BCUT2D eigenvalue weighted by Crippen LogP contribution is -2.29. The van der Waals surface area contributed by atoms with Crippen molar-refractivity contribution in [3.63, 3.8) is 0 Å². The van der Waals surface area contributed by atoms with Crippen molar-refractivity contribution < 1.29 is 18.3 Å². The molecule has 2 unspecified atom stereocenters. The van der Waals surface area contributed by atoms with Crippen molar-refractivity contribution in [2.45, 2.75) is 19.3 Å². The van der Waals surface area contributed by atoms with Crippen molar-refractivity contribution >= 4 is 10.0 Å². The molecule has 0 aliphatic heterocycles. The van der Waals surface area contributed by atoms with Crippen LogP contribution in [0.3, 0.4) is 0 Å². The van der Waals surface area contributed by atoms with Gasteiger partial charge in [0.25, 0.3) is 0 Å². The van der Waals surface area contributed by atoms with Crippen LogP contribution in [0.2, 0.25) is 0 Å². The Morgan fingerprint density at radius 3 is 2.68 bits per heavy atom. The van der Waals surface area contributed by atoms with Crippen LogP contribution >= 0.6 is 0 Å². The highest BCUT2D eigenvalue weighted by molar-refractivity contribution is 7.89. The van der Waals surface area contributed by atoms with E-state index in [2.05, 4.69) is 16.9 Å². The van der Waals surface area contributed by atoms with Gasteiger partial charge >= 0.3 is 0 Å². The Labute approximate surface area is 132 Å². The molecule has 0 saturated heterocycles. The third kappa shape index (κ3) is 6.44. The number of aliphatic hydroxyl groups is 1. The number of sulfonamides is 1. The highest BCUT2D eigenvalue weighted by Crippen LogP contribution is 2.41. The van der Waals surface area contributed by atoms with E-state index in [1.165, 1.54) is 5.56 Å². The van der Waals surface area contributed by atoms with Gasteiger partial charge in [0, 0.05) is 13.2 Å². The molecule has 2 N–H and O–H groups in total. The lowest BCUT2D eigenvalue weighted by atomic mass is 10.1. The molecule has 1 saturated carbocycles. The second kappa shape index (κ2) is 8.62. The molecule has 22 heavy (non-hydrogen) atoms. The number of benzene rings is 1. The molecular weight excluding hydrogens is 302 g/mol. The summed E-state index contributed by atoms with van der Waals surface area (Å²) in [7, 11) is -3.19. The summed E-state index contributed by atoms with van der Waals surface area (Å²) < 4.78 is 31.7. The highest BCUT2D eigenvalue weighted by atomic mass is 32.2. The zero-order valence-corrected chi connectivity index (χ0v) is 13.6. The van der Waals surface area contributed by atoms with Crippen LogP contribution in [0.4, 0.5) is 0 Å². The number of aliphatic hydroxyl groups excluding tert-OH is 1. The van der Waals surface area contributed by atoms with Gasteiger partial charge in [0.15, 0.2) is 0 Å². The summed E-state index contributed by atoms with van der Waals surface area (Å²) >= 11 is 0. The highest BCUT2D eigenvalue weighted by Gasteiger charge is 2.39. The van der Waals surface area contributed by atoms with Crippen molar-refractivity contribution in [1.82, 2.24) is 4.72 Å². The Morgan fingerprint density at radius 1 is 1.18 bits per heavy atom. The predicted octanol–water partition coefficient (Wildman–Crippen LogP) is 1.18. The smallest absolute Gasteiger partial charge is 0.211 e. The SMILES string of the molecule is O=S(=O)(CC1CC1Cc1ccccc1)NCCCOCCO. The largest absolute Gasteiger partial charge is 0.394 e. The number of nitrogens with one attached hydrogen (secondary N) is 1. The van der Waals surface area contributed by atoms with Crippen LogP contribution in [0, 0.1) is 11.8 Å². The number of hydrogen-bond donors (Lipinski definition) is 2. The Balaban J connectivity index is 1.62. The van der Waals surface area contributed by atoms with Gasteiger partial charge in [-0.05, 0) is 36.7 Å². The van der Waals surface area contributed by atoms with Gasteiger partial charge in [0.05, 0.1) is 19.0 Å². The molecule has 124 valence electrons. The summed E-state index contributed by atoms with van der Waals surface area (Å²) in [6.07, 6.45) is 2.59. The minimum atomic E-state index is -3.19. The molecule has 0 radical (unpaired) electrons. The first-order chi connectivity index (χ1) is 10.6. The second-order valence-corrected chi connectivity index (χ2v) is 7.66. The van der Waals surface area contributed by atoms with E-state index in [0.29, 0.717) is 32.1 Å². The van der Waals surface area contributed by atoms with Crippen LogP contribution in [0.1, 0.15) is 18.4 Å². The molecular formula is C16H25NO4S.